The summed E-state index contributed by atoms with van der Waals surface area (Å²) in [5, 5.41) is 0. The van der Waals surface area contributed by atoms with E-state index in [4.69, 9.17) is 17.2 Å². The lowest BCUT2D eigenvalue weighted by Crippen LogP contribution is -2.24. The van der Waals surface area contributed by atoms with Crippen LogP contribution in [0.5, 0.6) is 0 Å². The molecule has 1 fully saturated rings. The predicted molar refractivity (Wildman–Crippen MR) is 28.7 cm³/mol. The van der Waals surface area contributed by atoms with E-state index < -0.39 is 0 Å². The second kappa shape index (κ2) is 1.61. The van der Waals surface area contributed by atoms with Crippen LogP contribution in [0, 0.1) is 0 Å². The Kier molecular flexibility index (Phi) is 1.07. The lowest BCUT2D eigenvalue weighted by molar-refractivity contribution is 0.378. The normalized spacial score (nSPS) is 34.1. The first-order chi connectivity index (χ1) is 3.70. The van der Waals surface area contributed by atoms with Gasteiger partial charge in [0, 0.05) is 0 Å². The number of ether oxygens (including phenoxy) is 1. The summed E-state index contributed by atoms with van der Waals surface area (Å²) in [7, 11) is 0. The third-order valence-corrected chi connectivity index (χ3v) is 0.777. The zero-order valence-electron chi connectivity index (χ0n) is 4.24. The number of nitrogens with two attached hydrogens (primary N) is 3. The molecule has 5 heteroatoms. The number of epoxide rings is 1. The first-order valence-corrected chi connectivity index (χ1v) is 2.20. The molecule has 1 rings (SSSR count). The van der Waals surface area contributed by atoms with Gasteiger partial charge in [-0.2, -0.15) is 0 Å². The summed E-state index contributed by atoms with van der Waals surface area (Å²) in [6, 6.07) is 0. The quantitative estimate of drug-likeness (QED) is 0.207. The van der Waals surface area contributed by atoms with Crippen LogP contribution in [0.2, 0.25) is 0 Å². The number of aliphatic imine (C=N–C) groups is 1. The van der Waals surface area contributed by atoms with E-state index in [9.17, 15) is 0 Å². The highest BCUT2D eigenvalue weighted by Gasteiger charge is 2.34. The van der Waals surface area contributed by atoms with Crippen LogP contribution in [0.15, 0.2) is 4.99 Å². The molecule has 0 aromatic heterocycles. The van der Waals surface area contributed by atoms with Gasteiger partial charge in [0.2, 0.25) is 0 Å². The number of hydrogen-bond acceptors (Lipinski definition) is 3. The summed E-state index contributed by atoms with van der Waals surface area (Å²) in [4.78, 5) is 3.59. The van der Waals surface area contributed by atoms with Gasteiger partial charge in [0.05, 0.1) is 0 Å². The Morgan fingerprint density at radius 2 is 2.00 bits per heavy atom. The maximum atomic E-state index is 5.17. The van der Waals surface area contributed by atoms with Crippen LogP contribution in [0.4, 0.5) is 0 Å². The van der Waals surface area contributed by atoms with Crippen molar-refractivity contribution in [2.45, 2.75) is 12.5 Å². The van der Waals surface area contributed by atoms with E-state index in [0.717, 1.165) is 0 Å². The molecule has 5 nitrogen and oxygen atoms in total. The van der Waals surface area contributed by atoms with Gasteiger partial charge in [-0.1, -0.05) is 0 Å². The summed E-state index contributed by atoms with van der Waals surface area (Å²) in [6.45, 7) is 0. The minimum atomic E-state index is -0.294. The Morgan fingerprint density at radius 1 is 1.50 bits per heavy atom. The fraction of sp³-hybridized carbons (Fsp3) is 0.667. The molecule has 1 aliphatic rings. The average Bonchev–Trinajstić information content (AvgIpc) is 2.17. The molecule has 0 aromatic carbocycles. The van der Waals surface area contributed by atoms with Crippen molar-refractivity contribution in [2.75, 3.05) is 0 Å². The zero-order valence-corrected chi connectivity index (χ0v) is 4.24. The van der Waals surface area contributed by atoms with Crippen LogP contribution >= 0.6 is 0 Å². The molecular formula is C3H8N4O. The predicted octanol–water partition coefficient (Wildman–Crippen LogP) is -2.10. The SMILES string of the molecule is NC(N)=NC1OC1N. The monoisotopic (exact) mass is 116 g/mol. The molecule has 0 amide bonds. The Hall–Kier alpha value is -0.810. The summed E-state index contributed by atoms with van der Waals surface area (Å²) in [5.41, 5.74) is 15.1. The number of nitrogens with zero attached hydrogens (tertiary/aromatic N) is 1. The first-order valence-electron chi connectivity index (χ1n) is 2.20. The van der Waals surface area contributed by atoms with Gasteiger partial charge in [-0.3, -0.25) is 0 Å². The van der Waals surface area contributed by atoms with Gasteiger partial charge < -0.3 is 21.9 Å². The van der Waals surface area contributed by atoms with Gasteiger partial charge in [-0.05, 0) is 0 Å². The molecule has 1 heterocycles. The van der Waals surface area contributed by atoms with Crippen LogP contribution in [0.3, 0.4) is 0 Å². The van der Waals surface area contributed by atoms with E-state index in [1.54, 1.807) is 0 Å². The van der Waals surface area contributed by atoms with Gasteiger partial charge >= 0.3 is 0 Å². The Bertz CT molecular complexity index is 118. The number of guanidine groups is 1. The van der Waals surface area contributed by atoms with Gasteiger partial charge in [0.1, 0.15) is 0 Å². The molecule has 0 aromatic rings. The maximum Gasteiger partial charge on any atom is 0.193 e. The molecule has 2 unspecified atom stereocenters. The number of rotatable bonds is 1. The van der Waals surface area contributed by atoms with Gasteiger partial charge in [0.25, 0.3) is 0 Å². The molecule has 8 heavy (non-hydrogen) atoms. The summed E-state index contributed by atoms with van der Waals surface area (Å²) in [6.07, 6.45) is -0.586. The highest BCUT2D eigenvalue weighted by atomic mass is 16.6. The molecule has 1 aliphatic heterocycles. The Morgan fingerprint density at radius 3 is 2.12 bits per heavy atom. The van der Waals surface area contributed by atoms with E-state index in [1.165, 1.54) is 0 Å². The molecule has 2 atom stereocenters. The fourth-order valence-corrected chi connectivity index (χ4v) is 0.366. The first kappa shape index (κ1) is 5.33. The average molecular weight is 116 g/mol. The van der Waals surface area contributed by atoms with Crippen LogP contribution < -0.4 is 17.2 Å². The van der Waals surface area contributed by atoms with Crippen molar-refractivity contribution in [2.24, 2.45) is 22.2 Å². The smallest absolute Gasteiger partial charge is 0.193 e. The lowest BCUT2D eigenvalue weighted by atomic mass is 10.7. The van der Waals surface area contributed by atoms with Crippen molar-refractivity contribution < 1.29 is 4.74 Å². The van der Waals surface area contributed by atoms with Gasteiger partial charge in [-0.25, -0.2) is 4.99 Å². The fourth-order valence-electron chi connectivity index (χ4n) is 0.366. The minimum Gasteiger partial charge on any atom is -0.370 e. The van der Waals surface area contributed by atoms with Crippen molar-refractivity contribution in [3.8, 4) is 0 Å². The molecule has 0 radical (unpaired) electrons. The standard InChI is InChI=1S/C3H8N4O/c4-1-2(8-1)7-3(5)6/h1-2H,4H2,(H4,5,6,7). The molecule has 0 saturated carbocycles. The Balaban J connectivity index is 2.32. The van der Waals surface area contributed by atoms with Crippen LogP contribution in [-0.2, 0) is 4.74 Å². The molecule has 0 bridgehead atoms. The largest absolute Gasteiger partial charge is 0.370 e. The lowest BCUT2D eigenvalue weighted by Gasteiger charge is -1.83. The van der Waals surface area contributed by atoms with E-state index >= 15 is 0 Å². The third-order valence-electron chi connectivity index (χ3n) is 0.777. The van der Waals surface area contributed by atoms with Crippen molar-refractivity contribution >= 4 is 5.96 Å². The van der Waals surface area contributed by atoms with Crippen LogP contribution in [-0.4, -0.2) is 18.4 Å². The van der Waals surface area contributed by atoms with E-state index in [2.05, 4.69) is 9.73 Å². The maximum absolute atomic E-state index is 5.17. The van der Waals surface area contributed by atoms with Gasteiger partial charge in [-0.15, -0.1) is 0 Å². The molecular weight excluding hydrogens is 108 g/mol. The van der Waals surface area contributed by atoms with E-state index in [0.29, 0.717) is 0 Å². The van der Waals surface area contributed by atoms with Gasteiger partial charge in [0.15, 0.2) is 18.4 Å². The van der Waals surface area contributed by atoms with Crippen molar-refractivity contribution in [1.82, 2.24) is 0 Å². The third kappa shape index (κ3) is 1.08. The second-order valence-corrected chi connectivity index (χ2v) is 1.55. The summed E-state index contributed by atoms with van der Waals surface area (Å²) < 4.78 is 4.66. The van der Waals surface area contributed by atoms with Crippen LogP contribution in [0.1, 0.15) is 0 Å². The van der Waals surface area contributed by atoms with Crippen LogP contribution in [0.25, 0.3) is 0 Å². The highest BCUT2D eigenvalue weighted by Crippen LogP contribution is 2.16. The Labute approximate surface area is 46.5 Å². The minimum absolute atomic E-state index is 0.0166. The zero-order chi connectivity index (χ0) is 6.15. The van der Waals surface area contributed by atoms with E-state index in [-0.39, 0.29) is 18.4 Å². The van der Waals surface area contributed by atoms with E-state index in [1.807, 2.05) is 0 Å². The molecule has 46 valence electrons. The topological polar surface area (TPSA) is 103 Å². The summed E-state index contributed by atoms with van der Waals surface area (Å²) in [5.74, 6) is 0.0166. The molecule has 1 saturated heterocycles. The highest BCUT2D eigenvalue weighted by molar-refractivity contribution is 5.75. The molecule has 6 N–H and O–H groups in total. The van der Waals surface area contributed by atoms with Crippen molar-refractivity contribution in [3.63, 3.8) is 0 Å². The molecule has 0 spiro atoms. The number of hydrogen-bond donors (Lipinski definition) is 3. The van der Waals surface area contributed by atoms with Crippen molar-refractivity contribution in [1.29, 1.82) is 0 Å². The second-order valence-electron chi connectivity index (χ2n) is 1.55. The summed E-state index contributed by atoms with van der Waals surface area (Å²) >= 11 is 0. The van der Waals surface area contributed by atoms with Crippen molar-refractivity contribution in [3.05, 3.63) is 0 Å². The molecule has 0 aliphatic carbocycles.